The molecule has 14 nitrogen and oxygen atoms in total. The highest BCUT2D eigenvalue weighted by molar-refractivity contribution is 6.11. The summed E-state index contributed by atoms with van der Waals surface area (Å²) in [5, 5.41) is 32.2. The van der Waals surface area contributed by atoms with Gasteiger partial charge in [0.1, 0.15) is 0 Å². The van der Waals surface area contributed by atoms with Crippen molar-refractivity contribution in [2.45, 2.75) is 93.4 Å². The lowest BCUT2D eigenvalue weighted by Crippen LogP contribution is -2.57. The molecule has 0 aliphatic carbocycles. The van der Waals surface area contributed by atoms with E-state index in [1.54, 1.807) is 27.7 Å². The number of benzene rings is 2. The van der Waals surface area contributed by atoms with Crippen molar-refractivity contribution in [1.29, 1.82) is 0 Å². The first-order valence-electron chi connectivity index (χ1n) is 14.6. The van der Waals surface area contributed by atoms with E-state index in [9.17, 15) is 39.0 Å². The summed E-state index contributed by atoms with van der Waals surface area (Å²) in [5.74, 6) is -4.91. The van der Waals surface area contributed by atoms with E-state index in [0.29, 0.717) is 12.1 Å². The number of amides is 4. The molecule has 0 bridgehead atoms. The van der Waals surface area contributed by atoms with Crippen LogP contribution in [0.5, 0.6) is 0 Å². The van der Waals surface area contributed by atoms with Crippen LogP contribution in [0.25, 0.3) is 0 Å². The molecule has 0 aliphatic heterocycles. The van der Waals surface area contributed by atoms with Gasteiger partial charge in [-0.05, 0) is 73.6 Å². The summed E-state index contributed by atoms with van der Waals surface area (Å²) in [6.45, 7) is 17.8. The lowest BCUT2D eigenvalue weighted by Gasteiger charge is -2.16. The Morgan fingerprint density at radius 3 is 1.24 bits per heavy atom. The maximum Gasteiger partial charge on any atom is 0.254 e. The third-order valence-corrected chi connectivity index (χ3v) is 4.49. The quantitative estimate of drug-likeness (QED) is 0.219. The summed E-state index contributed by atoms with van der Waals surface area (Å²) in [6, 6.07) is 9.29. The molecule has 46 heavy (non-hydrogen) atoms. The molecule has 2 rings (SSSR count). The lowest BCUT2D eigenvalue weighted by atomic mass is 10.0. The Hall–Kier alpha value is -4.82. The second-order valence-electron chi connectivity index (χ2n) is 11.4. The van der Waals surface area contributed by atoms with Gasteiger partial charge in [0.15, 0.2) is 0 Å². The van der Waals surface area contributed by atoms with Crippen molar-refractivity contribution in [1.82, 2.24) is 10.6 Å². The highest BCUT2D eigenvalue weighted by Gasteiger charge is 2.19. The van der Waals surface area contributed by atoms with Gasteiger partial charge in [0.25, 0.3) is 11.8 Å². The largest absolute Gasteiger partial charge is 0.545 e. The lowest BCUT2D eigenvalue weighted by molar-refractivity contribution is -0.408. The molecule has 14 heteroatoms. The molecule has 256 valence electrons. The van der Waals surface area contributed by atoms with Gasteiger partial charge < -0.3 is 52.5 Å². The number of rotatable bonds is 8. The highest BCUT2D eigenvalue weighted by Crippen LogP contribution is 2.21. The molecule has 0 saturated heterocycles. The molecule has 0 unspecified atom stereocenters. The van der Waals surface area contributed by atoms with E-state index in [1.807, 2.05) is 0 Å². The van der Waals surface area contributed by atoms with Crippen molar-refractivity contribution >= 4 is 46.9 Å². The fraction of sp³-hybridized carbons (Fsp3) is 0.438. The summed E-state index contributed by atoms with van der Waals surface area (Å²) >= 11 is 0. The minimum Gasteiger partial charge on any atom is -0.545 e. The average molecular weight is 647 g/mol. The van der Waals surface area contributed by atoms with Gasteiger partial charge in [-0.2, -0.15) is 0 Å². The topological polar surface area (TPSA) is 252 Å². The fourth-order valence-electron chi connectivity index (χ4n) is 3.19. The SMILES string of the molecule is CC(=O)Nc1cccc(C(=O)NC(C)C)c1C(=O)[O-].CC(=O)Nc1cccc(C(=O)[O-])c1C(=O)NC(C)C.CC(C)[NH3+].CC(C)[NH3+]. The third kappa shape index (κ3) is 18.8. The Balaban J connectivity index is 0. The molecule has 0 fully saturated rings. The third-order valence-electron chi connectivity index (χ3n) is 4.49. The Kier molecular flexibility index (Phi) is 20.5. The Morgan fingerprint density at radius 1 is 0.565 bits per heavy atom. The van der Waals surface area contributed by atoms with E-state index < -0.39 is 35.6 Å². The van der Waals surface area contributed by atoms with Gasteiger partial charge in [0.05, 0.1) is 46.5 Å². The van der Waals surface area contributed by atoms with Crippen molar-refractivity contribution in [2.75, 3.05) is 10.6 Å². The van der Waals surface area contributed by atoms with E-state index in [4.69, 9.17) is 0 Å². The zero-order valence-corrected chi connectivity index (χ0v) is 28.5. The first kappa shape index (κ1) is 43.3. The zero-order chi connectivity index (χ0) is 36.3. The van der Waals surface area contributed by atoms with Crippen LogP contribution in [0, 0.1) is 0 Å². The fourth-order valence-corrected chi connectivity index (χ4v) is 3.19. The molecule has 2 aromatic carbocycles. The van der Waals surface area contributed by atoms with Gasteiger partial charge in [-0.25, -0.2) is 0 Å². The van der Waals surface area contributed by atoms with Crippen LogP contribution in [-0.2, 0) is 9.59 Å². The predicted octanol–water partition coefficient (Wildman–Crippen LogP) is -0.433. The van der Waals surface area contributed by atoms with Crippen LogP contribution in [0.2, 0.25) is 0 Å². The van der Waals surface area contributed by atoms with E-state index in [-0.39, 0.29) is 45.7 Å². The van der Waals surface area contributed by atoms with E-state index in [1.165, 1.54) is 50.2 Å². The molecule has 10 N–H and O–H groups in total. The maximum absolute atomic E-state index is 12.0. The van der Waals surface area contributed by atoms with Crippen LogP contribution in [0.3, 0.4) is 0 Å². The Labute approximate surface area is 270 Å². The number of carboxylic acid groups (broad SMARTS) is 2. The normalized spacial score (nSPS) is 9.91. The summed E-state index contributed by atoms with van der Waals surface area (Å²) < 4.78 is 0. The number of anilines is 2. The van der Waals surface area contributed by atoms with Crippen molar-refractivity contribution in [3.63, 3.8) is 0 Å². The van der Waals surface area contributed by atoms with Gasteiger partial charge in [-0.15, -0.1) is 0 Å². The molecule has 0 spiro atoms. The first-order chi connectivity index (χ1) is 21.1. The smallest absolute Gasteiger partial charge is 0.254 e. The minimum absolute atomic E-state index is 0.0417. The van der Waals surface area contributed by atoms with Crippen molar-refractivity contribution in [2.24, 2.45) is 0 Å². The number of hydrogen-bond acceptors (Lipinski definition) is 8. The van der Waals surface area contributed by atoms with Crippen LogP contribution >= 0.6 is 0 Å². The standard InChI is InChI=1S/2C13H16N2O4.2C3H9N/c1-7(2)14-12(17)11-9(13(18)19)5-4-6-10(11)15-8(3)16;1-7(2)14-12(17)9-5-4-6-10(15-8(3)16)11(9)13(18)19;2*1-3(2)4/h2*4-7H,1-3H3,(H,14,17)(H,15,16)(H,18,19);2*3H,4H2,1-2H3. The van der Waals surface area contributed by atoms with Crippen LogP contribution < -0.4 is 42.9 Å². The molecule has 4 amide bonds. The number of nitrogens with one attached hydrogen (secondary N) is 4. The second-order valence-corrected chi connectivity index (χ2v) is 11.4. The number of hydrogen-bond donors (Lipinski definition) is 6. The summed E-state index contributed by atoms with van der Waals surface area (Å²) in [6.07, 6.45) is 0. The molecule has 0 radical (unpaired) electrons. The van der Waals surface area contributed by atoms with Gasteiger partial charge >= 0.3 is 0 Å². The molecule has 0 aromatic heterocycles. The van der Waals surface area contributed by atoms with Crippen LogP contribution in [0.1, 0.15) is 111 Å². The van der Waals surface area contributed by atoms with Gasteiger partial charge in [-0.1, -0.05) is 18.2 Å². The number of aromatic carboxylic acids is 2. The van der Waals surface area contributed by atoms with Crippen molar-refractivity contribution in [3.8, 4) is 0 Å². The number of quaternary nitrogens is 2. The molecular formula is C32H50N6O8. The molecule has 0 aliphatic rings. The molecule has 0 saturated carbocycles. The molecule has 2 aromatic rings. The monoisotopic (exact) mass is 646 g/mol. The highest BCUT2D eigenvalue weighted by atomic mass is 16.4. The van der Waals surface area contributed by atoms with E-state index >= 15 is 0 Å². The van der Waals surface area contributed by atoms with Gasteiger partial charge in [-0.3, -0.25) is 19.2 Å². The number of carbonyl (C=O) groups excluding carboxylic acids is 6. The van der Waals surface area contributed by atoms with Gasteiger partial charge in [0.2, 0.25) is 11.8 Å². The predicted molar refractivity (Wildman–Crippen MR) is 171 cm³/mol. The van der Waals surface area contributed by atoms with Gasteiger partial charge in [0, 0.05) is 37.1 Å². The van der Waals surface area contributed by atoms with E-state index in [2.05, 4.69) is 60.4 Å². The number of carbonyl (C=O) groups is 6. The molecule has 0 atom stereocenters. The minimum atomic E-state index is -1.52. The summed E-state index contributed by atoms with van der Waals surface area (Å²) in [7, 11) is 0. The Morgan fingerprint density at radius 2 is 0.913 bits per heavy atom. The first-order valence-corrected chi connectivity index (χ1v) is 14.6. The van der Waals surface area contributed by atoms with Crippen LogP contribution in [0.15, 0.2) is 36.4 Å². The second kappa shape index (κ2) is 21.8. The Bertz CT molecular complexity index is 1330. The molecular weight excluding hydrogens is 596 g/mol. The summed E-state index contributed by atoms with van der Waals surface area (Å²) in [4.78, 5) is 68.3. The maximum atomic E-state index is 12.0. The van der Waals surface area contributed by atoms with Crippen molar-refractivity contribution in [3.05, 3.63) is 58.7 Å². The summed E-state index contributed by atoms with van der Waals surface area (Å²) in [5.41, 5.74) is 6.74. The van der Waals surface area contributed by atoms with E-state index in [0.717, 1.165) is 0 Å². The number of carboxylic acids is 2. The molecule has 0 heterocycles. The van der Waals surface area contributed by atoms with Crippen molar-refractivity contribution < 1.29 is 50.4 Å². The van der Waals surface area contributed by atoms with Crippen LogP contribution in [0.4, 0.5) is 11.4 Å². The van der Waals surface area contributed by atoms with Crippen LogP contribution in [-0.4, -0.2) is 59.7 Å². The average Bonchev–Trinajstić information content (AvgIpc) is 2.86. The zero-order valence-electron chi connectivity index (χ0n) is 28.5.